The number of aromatic nitrogens is 4. The number of pyridine rings is 1. The van der Waals surface area contributed by atoms with Crippen molar-refractivity contribution in [3.05, 3.63) is 87.4 Å². The predicted octanol–water partition coefficient (Wildman–Crippen LogP) is 4.26. The number of carbonyl (C=O) groups is 2. The summed E-state index contributed by atoms with van der Waals surface area (Å²) in [5, 5.41) is 9.38. The van der Waals surface area contributed by atoms with Crippen molar-refractivity contribution < 1.29 is 18.7 Å². The molecule has 0 saturated heterocycles. The summed E-state index contributed by atoms with van der Waals surface area (Å²) < 4.78 is 23.4. The van der Waals surface area contributed by atoms with Gasteiger partial charge in [-0.05, 0) is 55.3 Å². The molecule has 188 valence electrons. The highest BCUT2D eigenvalue weighted by Gasteiger charge is 2.29. The molecule has 1 fully saturated rings. The first-order valence-electron chi connectivity index (χ1n) is 11.3. The zero-order chi connectivity index (χ0) is 26.1. The van der Waals surface area contributed by atoms with Gasteiger partial charge < -0.3 is 15.4 Å². The van der Waals surface area contributed by atoms with Crippen LogP contribution in [0.5, 0.6) is 11.5 Å². The number of nitrogens with zero attached hydrogens (tertiary/aromatic N) is 4. The van der Waals surface area contributed by atoms with E-state index in [-0.39, 0.29) is 34.8 Å². The van der Waals surface area contributed by atoms with Crippen LogP contribution in [0.2, 0.25) is 0 Å². The maximum absolute atomic E-state index is 14.8. The second-order valence-electron chi connectivity index (χ2n) is 8.40. The molecule has 0 spiro atoms. The molecular formula is C25H20BrFN6O4. The molecule has 0 aliphatic heterocycles. The first kappa shape index (κ1) is 24.4. The van der Waals surface area contributed by atoms with E-state index in [1.54, 1.807) is 24.3 Å². The van der Waals surface area contributed by atoms with Crippen LogP contribution in [-0.2, 0) is 11.8 Å². The molecule has 0 unspecified atom stereocenters. The Balaban J connectivity index is 1.29. The van der Waals surface area contributed by atoms with Gasteiger partial charge in [0.15, 0.2) is 11.6 Å². The highest BCUT2D eigenvalue weighted by Crippen LogP contribution is 2.31. The maximum atomic E-state index is 14.8. The highest BCUT2D eigenvalue weighted by molar-refractivity contribution is 9.10. The lowest BCUT2D eigenvalue weighted by molar-refractivity contribution is -0.117. The van der Waals surface area contributed by atoms with Crippen molar-refractivity contribution in [2.24, 2.45) is 13.0 Å². The third-order valence-corrected chi connectivity index (χ3v) is 6.13. The summed E-state index contributed by atoms with van der Waals surface area (Å²) in [5.74, 6) is -1.14. The average Bonchev–Trinajstić information content (AvgIpc) is 3.68. The molecule has 1 saturated carbocycles. The largest absolute Gasteiger partial charge is 0.454 e. The van der Waals surface area contributed by atoms with Crippen molar-refractivity contribution in [1.29, 1.82) is 0 Å². The smallest absolute Gasteiger partial charge is 0.350 e. The minimum absolute atomic E-state index is 0.0171. The predicted molar refractivity (Wildman–Crippen MR) is 137 cm³/mol. The Morgan fingerprint density at radius 2 is 1.84 bits per heavy atom. The van der Waals surface area contributed by atoms with Gasteiger partial charge in [0.2, 0.25) is 11.7 Å². The van der Waals surface area contributed by atoms with Crippen LogP contribution < -0.4 is 21.1 Å². The number of amides is 2. The van der Waals surface area contributed by atoms with Crippen molar-refractivity contribution >= 4 is 39.2 Å². The first-order chi connectivity index (χ1) is 17.8. The molecular weight excluding hydrogens is 547 g/mol. The number of ether oxygens (including phenoxy) is 1. The summed E-state index contributed by atoms with van der Waals surface area (Å²) >= 11 is 3.33. The fraction of sp³-hybridized carbons (Fsp3) is 0.160. The molecule has 1 aliphatic rings. The standard InChI is InChI=1S/C25H20BrFN6O4/c1-32-22(31-33(25(32)36)17-7-4-15(26)5-8-17)24(35)29-16-6-9-20(19(27)12-16)37-18-10-11-28-21(13-18)30-23(34)14-2-3-14/h4-14H,2-3H2,1H3,(H,29,35)(H,28,30,34). The van der Waals surface area contributed by atoms with Crippen LogP contribution >= 0.6 is 15.9 Å². The number of rotatable bonds is 7. The first-order valence-corrected chi connectivity index (χ1v) is 12.1. The Bertz CT molecular complexity index is 1560. The molecule has 4 aromatic rings. The number of halogens is 2. The van der Waals surface area contributed by atoms with Gasteiger partial charge in [0.1, 0.15) is 11.6 Å². The van der Waals surface area contributed by atoms with E-state index in [1.807, 2.05) is 0 Å². The summed E-state index contributed by atoms with van der Waals surface area (Å²) in [6.07, 6.45) is 3.17. The van der Waals surface area contributed by atoms with E-state index in [1.165, 1.54) is 37.5 Å². The topological polar surface area (TPSA) is 120 Å². The molecule has 0 atom stereocenters. The molecule has 37 heavy (non-hydrogen) atoms. The Hall–Kier alpha value is -4.32. The van der Waals surface area contributed by atoms with E-state index in [9.17, 15) is 18.8 Å². The van der Waals surface area contributed by atoms with Crippen LogP contribution in [0.1, 0.15) is 23.5 Å². The van der Waals surface area contributed by atoms with Crippen LogP contribution in [0.25, 0.3) is 5.69 Å². The monoisotopic (exact) mass is 566 g/mol. The van der Waals surface area contributed by atoms with Crippen molar-refractivity contribution in [3.63, 3.8) is 0 Å². The van der Waals surface area contributed by atoms with Crippen LogP contribution in [0.4, 0.5) is 15.9 Å². The lowest BCUT2D eigenvalue weighted by Gasteiger charge is -2.10. The zero-order valence-corrected chi connectivity index (χ0v) is 21.0. The zero-order valence-electron chi connectivity index (χ0n) is 19.4. The van der Waals surface area contributed by atoms with Crippen LogP contribution in [-0.4, -0.2) is 31.1 Å². The number of nitrogens with one attached hydrogen (secondary N) is 2. The fourth-order valence-corrected chi connectivity index (χ4v) is 3.74. The number of carbonyl (C=O) groups excluding carboxylic acids is 2. The van der Waals surface area contributed by atoms with Gasteiger partial charge in [-0.25, -0.2) is 14.2 Å². The quantitative estimate of drug-likeness (QED) is 0.345. The molecule has 2 amide bonds. The summed E-state index contributed by atoms with van der Waals surface area (Å²) in [6.45, 7) is 0. The van der Waals surface area contributed by atoms with Crippen molar-refractivity contribution in [3.8, 4) is 17.2 Å². The molecule has 10 nitrogen and oxygen atoms in total. The van der Waals surface area contributed by atoms with Gasteiger partial charge in [-0.2, -0.15) is 4.68 Å². The van der Waals surface area contributed by atoms with E-state index in [4.69, 9.17) is 4.74 Å². The highest BCUT2D eigenvalue weighted by atomic mass is 79.9. The molecule has 0 bridgehead atoms. The Kier molecular flexibility index (Phi) is 6.57. The van der Waals surface area contributed by atoms with Gasteiger partial charge in [0.25, 0.3) is 5.91 Å². The number of benzene rings is 2. The van der Waals surface area contributed by atoms with Gasteiger partial charge in [-0.1, -0.05) is 15.9 Å². The second kappa shape index (κ2) is 9.97. The molecule has 1 aliphatic carbocycles. The summed E-state index contributed by atoms with van der Waals surface area (Å²) in [5.41, 5.74) is 0.127. The van der Waals surface area contributed by atoms with Gasteiger partial charge in [0.05, 0.1) is 5.69 Å². The van der Waals surface area contributed by atoms with E-state index >= 15 is 0 Å². The van der Waals surface area contributed by atoms with Gasteiger partial charge in [-0.3, -0.25) is 14.2 Å². The minimum Gasteiger partial charge on any atom is -0.454 e. The van der Waals surface area contributed by atoms with Crippen molar-refractivity contribution in [2.45, 2.75) is 12.8 Å². The third-order valence-electron chi connectivity index (χ3n) is 5.60. The summed E-state index contributed by atoms with van der Waals surface area (Å²) in [4.78, 5) is 41.4. The van der Waals surface area contributed by atoms with E-state index < -0.39 is 17.4 Å². The molecule has 2 aromatic carbocycles. The minimum atomic E-state index is -0.729. The second-order valence-corrected chi connectivity index (χ2v) is 9.31. The van der Waals surface area contributed by atoms with Crippen LogP contribution in [0.15, 0.2) is 70.1 Å². The van der Waals surface area contributed by atoms with Crippen LogP contribution in [0, 0.1) is 11.7 Å². The number of hydrogen-bond donors (Lipinski definition) is 2. The Morgan fingerprint density at radius 3 is 2.54 bits per heavy atom. The average molecular weight is 567 g/mol. The van der Waals surface area contributed by atoms with Crippen molar-refractivity contribution in [2.75, 3.05) is 10.6 Å². The third kappa shape index (κ3) is 5.43. The van der Waals surface area contributed by atoms with Crippen LogP contribution in [0.3, 0.4) is 0 Å². The Labute approximate surface area is 218 Å². The van der Waals surface area contributed by atoms with Gasteiger partial charge >= 0.3 is 5.69 Å². The SMILES string of the molecule is Cn1c(C(=O)Nc2ccc(Oc3ccnc(NC(=O)C4CC4)c3)c(F)c2)nn(-c2ccc(Br)cc2)c1=O. The van der Waals surface area contributed by atoms with Gasteiger partial charge in [-0.15, -0.1) is 5.10 Å². The van der Waals surface area contributed by atoms with E-state index in [0.717, 1.165) is 32.6 Å². The molecule has 12 heteroatoms. The number of hydrogen-bond acceptors (Lipinski definition) is 6. The number of anilines is 2. The van der Waals surface area contributed by atoms with E-state index in [0.29, 0.717) is 11.5 Å². The molecule has 2 N–H and O–H groups in total. The fourth-order valence-electron chi connectivity index (χ4n) is 3.48. The van der Waals surface area contributed by atoms with E-state index in [2.05, 4.69) is 36.6 Å². The van der Waals surface area contributed by atoms with Crippen molar-refractivity contribution in [1.82, 2.24) is 19.3 Å². The molecule has 5 rings (SSSR count). The lowest BCUT2D eigenvalue weighted by Crippen LogP contribution is -2.24. The van der Waals surface area contributed by atoms with Gasteiger partial charge in [0, 0.05) is 41.5 Å². The molecule has 2 aromatic heterocycles. The summed E-state index contributed by atoms with van der Waals surface area (Å²) in [6, 6.07) is 13.8. The maximum Gasteiger partial charge on any atom is 0.350 e. The molecule has 2 heterocycles. The summed E-state index contributed by atoms with van der Waals surface area (Å²) in [7, 11) is 1.42. The normalized spacial score (nSPS) is 12.7. The lowest BCUT2D eigenvalue weighted by atomic mass is 10.2. The Morgan fingerprint density at radius 1 is 1.08 bits per heavy atom. The molecule has 0 radical (unpaired) electrons.